The number of benzene rings is 1. The molecule has 2 N–H and O–H groups in total. The topological polar surface area (TPSA) is 82.5 Å². The number of hydrogen-bond acceptors (Lipinski definition) is 6. The SMILES string of the molecule is CC(=Nc1c(C)ncnc1N1CC2(CCNCC2)c2ccccc21)C(=O)NC1CCCCC1. The van der Waals surface area contributed by atoms with E-state index in [4.69, 9.17) is 4.99 Å². The summed E-state index contributed by atoms with van der Waals surface area (Å²) in [6.07, 6.45) is 9.55. The maximum atomic E-state index is 12.9. The molecule has 174 valence electrons. The van der Waals surface area contributed by atoms with Crippen LogP contribution in [-0.4, -0.2) is 47.3 Å². The van der Waals surface area contributed by atoms with Crippen molar-refractivity contribution in [2.75, 3.05) is 24.5 Å². The maximum absolute atomic E-state index is 12.9. The third kappa shape index (κ3) is 4.26. The van der Waals surface area contributed by atoms with Gasteiger partial charge in [0, 0.05) is 23.7 Å². The first kappa shape index (κ1) is 22.0. The number of aryl methyl sites for hydroxylation is 1. The number of nitrogens with one attached hydrogen (secondary N) is 2. The van der Waals surface area contributed by atoms with Crippen LogP contribution in [-0.2, 0) is 10.2 Å². The minimum atomic E-state index is -0.0900. The van der Waals surface area contributed by atoms with Gasteiger partial charge in [0.05, 0.1) is 5.69 Å². The van der Waals surface area contributed by atoms with E-state index in [2.05, 4.69) is 49.8 Å². The number of rotatable bonds is 4. The zero-order valence-corrected chi connectivity index (χ0v) is 19.7. The molecule has 1 spiro atoms. The maximum Gasteiger partial charge on any atom is 0.265 e. The van der Waals surface area contributed by atoms with Crippen LogP contribution in [0.4, 0.5) is 17.2 Å². The van der Waals surface area contributed by atoms with Gasteiger partial charge in [0.15, 0.2) is 5.82 Å². The van der Waals surface area contributed by atoms with E-state index in [9.17, 15) is 4.79 Å². The molecular weight excluding hydrogens is 412 g/mol. The van der Waals surface area contributed by atoms with Gasteiger partial charge in [0.2, 0.25) is 0 Å². The second-order valence-electron chi connectivity index (χ2n) is 9.77. The van der Waals surface area contributed by atoms with Gasteiger partial charge >= 0.3 is 0 Å². The smallest absolute Gasteiger partial charge is 0.265 e. The Labute approximate surface area is 196 Å². The van der Waals surface area contributed by atoms with Crippen molar-refractivity contribution in [2.24, 2.45) is 4.99 Å². The molecule has 3 aliphatic rings. The van der Waals surface area contributed by atoms with Crippen LogP contribution < -0.4 is 15.5 Å². The highest BCUT2D eigenvalue weighted by molar-refractivity contribution is 6.38. The van der Waals surface area contributed by atoms with Gasteiger partial charge in [-0.15, -0.1) is 0 Å². The molecular formula is C26H34N6O. The highest BCUT2D eigenvalue weighted by Crippen LogP contribution is 2.50. The normalized spacial score (nSPS) is 20.7. The molecule has 5 rings (SSSR count). The van der Waals surface area contributed by atoms with Crippen LogP contribution in [0.5, 0.6) is 0 Å². The lowest BCUT2D eigenvalue weighted by atomic mass is 9.75. The zero-order chi connectivity index (χ0) is 22.8. The number of aliphatic imine (C=N–C) groups is 1. The molecule has 0 radical (unpaired) electrons. The molecule has 33 heavy (non-hydrogen) atoms. The summed E-state index contributed by atoms with van der Waals surface area (Å²) in [5, 5.41) is 6.68. The molecule has 1 aromatic carbocycles. The Kier molecular flexibility index (Phi) is 6.15. The van der Waals surface area contributed by atoms with Crippen molar-refractivity contribution in [3.63, 3.8) is 0 Å². The van der Waals surface area contributed by atoms with E-state index in [1.54, 1.807) is 13.3 Å². The average Bonchev–Trinajstić information content (AvgIpc) is 3.15. The summed E-state index contributed by atoms with van der Waals surface area (Å²) in [7, 11) is 0. The molecule has 3 heterocycles. The Hall–Kier alpha value is -2.80. The molecule has 2 aliphatic heterocycles. The van der Waals surface area contributed by atoms with E-state index >= 15 is 0 Å². The van der Waals surface area contributed by atoms with Gasteiger partial charge < -0.3 is 15.5 Å². The number of hydrogen-bond donors (Lipinski definition) is 2. The molecule has 1 amide bonds. The Morgan fingerprint density at radius 2 is 1.91 bits per heavy atom. The largest absolute Gasteiger partial charge is 0.348 e. The van der Waals surface area contributed by atoms with Crippen LogP contribution in [0, 0.1) is 6.92 Å². The molecule has 0 bridgehead atoms. The highest BCUT2D eigenvalue weighted by atomic mass is 16.1. The molecule has 2 aromatic rings. The van der Waals surface area contributed by atoms with E-state index < -0.39 is 0 Å². The van der Waals surface area contributed by atoms with Crippen LogP contribution in [0.1, 0.15) is 63.1 Å². The van der Waals surface area contributed by atoms with Crippen molar-refractivity contribution in [3.8, 4) is 0 Å². The van der Waals surface area contributed by atoms with E-state index in [0.29, 0.717) is 11.4 Å². The zero-order valence-electron chi connectivity index (χ0n) is 19.7. The van der Waals surface area contributed by atoms with Crippen molar-refractivity contribution in [1.29, 1.82) is 0 Å². The second-order valence-corrected chi connectivity index (χ2v) is 9.77. The monoisotopic (exact) mass is 446 g/mol. The van der Waals surface area contributed by atoms with Gasteiger partial charge in [-0.25, -0.2) is 15.0 Å². The number of piperidine rings is 1. The third-order valence-electron chi connectivity index (χ3n) is 7.58. The number of aromatic nitrogens is 2. The van der Waals surface area contributed by atoms with Crippen LogP contribution in [0.3, 0.4) is 0 Å². The number of para-hydroxylation sites is 1. The van der Waals surface area contributed by atoms with E-state index in [1.165, 1.54) is 30.5 Å². The molecule has 7 nitrogen and oxygen atoms in total. The fraction of sp³-hybridized carbons (Fsp3) is 0.538. The highest BCUT2D eigenvalue weighted by Gasteiger charge is 2.44. The summed E-state index contributed by atoms with van der Waals surface area (Å²) in [4.78, 5) is 29.1. The van der Waals surface area contributed by atoms with E-state index in [1.807, 2.05) is 6.92 Å². The number of amides is 1. The number of nitrogens with zero attached hydrogens (tertiary/aromatic N) is 4. The Balaban J connectivity index is 1.47. The fourth-order valence-corrected chi connectivity index (χ4v) is 5.69. The summed E-state index contributed by atoms with van der Waals surface area (Å²) in [6.45, 7) is 6.66. The summed E-state index contributed by atoms with van der Waals surface area (Å²) in [5.74, 6) is 0.697. The summed E-state index contributed by atoms with van der Waals surface area (Å²) >= 11 is 0. The molecule has 1 saturated carbocycles. The van der Waals surface area contributed by atoms with Crippen molar-refractivity contribution >= 4 is 28.8 Å². The Morgan fingerprint density at radius 3 is 2.70 bits per heavy atom. The minimum absolute atomic E-state index is 0.0900. The lowest BCUT2D eigenvalue weighted by molar-refractivity contribution is -0.115. The predicted octanol–water partition coefficient (Wildman–Crippen LogP) is 4.10. The first-order valence-electron chi connectivity index (χ1n) is 12.3. The number of carbonyl (C=O) groups is 1. The molecule has 2 fully saturated rings. The van der Waals surface area contributed by atoms with Crippen molar-refractivity contribution in [3.05, 3.63) is 41.9 Å². The van der Waals surface area contributed by atoms with Gasteiger partial charge in [-0.1, -0.05) is 37.5 Å². The molecule has 7 heteroatoms. The average molecular weight is 447 g/mol. The van der Waals surface area contributed by atoms with Gasteiger partial charge in [-0.2, -0.15) is 0 Å². The molecule has 0 atom stereocenters. The molecule has 1 aliphatic carbocycles. The molecule has 1 saturated heterocycles. The van der Waals surface area contributed by atoms with E-state index in [0.717, 1.165) is 56.8 Å². The summed E-state index contributed by atoms with van der Waals surface area (Å²) in [5.41, 5.74) is 4.64. The molecule has 1 aromatic heterocycles. The second kappa shape index (κ2) is 9.21. The third-order valence-corrected chi connectivity index (χ3v) is 7.58. The van der Waals surface area contributed by atoms with E-state index in [-0.39, 0.29) is 17.4 Å². The number of carbonyl (C=O) groups excluding carboxylic acids is 1. The van der Waals surface area contributed by atoms with Crippen LogP contribution >= 0.6 is 0 Å². The summed E-state index contributed by atoms with van der Waals surface area (Å²) in [6, 6.07) is 8.93. The fourth-order valence-electron chi connectivity index (χ4n) is 5.69. The lowest BCUT2D eigenvalue weighted by Gasteiger charge is -2.35. The van der Waals surface area contributed by atoms with Gasteiger partial charge in [-0.05, 0) is 64.3 Å². The first-order valence-corrected chi connectivity index (χ1v) is 12.3. The van der Waals surface area contributed by atoms with Crippen molar-refractivity contribution in [1.82, 2.24) is 20.6 Å². The van der Waals surface area contributed by atoms with Crippen LogP contribution in [0.2, 0.25) is 0 Å². The van der Waals surface area contributed by atoms with Gasteiger partial charge in [0.25, 0.3) is 5.91 Å². The first-order chi connectivity index (χ1) is 16.1. The minimum Gasteiger partial charge on any atom is -0.348 e. The summed E-state index contributed by atoms with van der Waals surface area (Å²) < 4.78 is 0. The Morgan fingerprint density at radius 1 is 1.15 bits per heavy atom. The van der Waals surface area contributed by atoms with Crippen molar-refractivity contribution < 1.29 is 4.79 Å². The predicted molar refractivity (Wildman–Crippen MR) is 132 cm³/mol. The van der Waals surface area contributed by atoms with Gasteiger partial charge in [0.1, 0.15) is 17.7 Å². The molecule has 0 unspecified atom stereocenters. The number of fused-ring (bicyclic) bond motifs is 2. The number of anilines is 2. The van der Waals surface area contributed by atoms with Gasteiger partial charge in [-0.3, -0.25) is 4.79 Å². The van der Waals surface area contributed by atoms with Crippen LogP contribution in [0.15, 0.2) is 35.6 Å². The quantitative estimate of drug-likeness (QED) is 0.691. The van der Waals surface area contributed by atoms with Crippen molar-refractivity contribution in [2.45, 2.75) is 70.3 Å². The standard InChI is InChI=1S/C26H34N6O/c1-18-23(30-19(2)25(33)31-20-8-4-3-5-9-20)24(29-17-28-18)32-16-26(12-14-27-15-13-26)21-10-6-7-11-22(21)32/h6-7,10-11,17,20,27H,3-5,8-9,12-16H2,1-2H3,(H,31,33). The van der Waals surface area contributed by atoms with Crippen LogP contribution in [0.25, 0.3) is 0 Å². The lowest BCUT2D eigenvalue weighted by Crippen LogP contribution is -2.42. The Bertz CT molecular complexity index is 1050.